The highest BCUT2D eigenvalue weighted by Gasteiger charge is 2.01. The van der Waals surface area contributed by atoms with Crippen molar-refractivity contribution in [3.8, 4) is 0 Å². The first-order valence-electron chi connectivity index (χ1n) is 2.65. The largest absolute Gasteiger partial charge is 0.279 e. The van der Waals surface area contributed by atoms with Gasteiger partial charge >= 0.3 is 0 Å². The lowest BCUT2D eigenvalue weighted by molar-refractivity contribution is -0.111. The molecule has 1 aliphatic rings. The number of nitrogens with one attached hydrogen (secondary N) is 2. The maximum atomic E-state index is 9.72. The third-order valence-electron chi connectivity index (χ3n) is 0.958. The number of carbonyl (C=O) groups excluding carboxylic acids is 1. The van der Waals surface area contributed by atoms with Gasteiger partial charge in [-0.25, -0.2) is 0 Å². The first-order chi connectivity index (χ1) is 4.43. The van der Waals surface area contributed by atoms with Gasteiger partial charge in [0.15, 0.2) is 0 Å². The molecule has 0 spiro atoms. The van der Waals surface area contributed by atoms with E-state index in [4.69, 9.17) is 0 Å². The summed E-state index contributed by atoms with van der Waals surface area (Å²) in [7, 11) is 0. The van der Waals surface area contributed by atoms with E-state index in [1.807, 2.05) is 0 Å². The molecule has 0 aromatic rings. The molecule has 0 aromatic heterocycles. The first-order valence-corrected chi connectivity index (χ1v) is 2.65. The number of aliphatic imine (C=N–C) groups is 1. The van der Waals surface area contributed by atoms with Gasteiger partial charge in [0.25, 0.3) is 0 Å². The van der Waals surface area contributed by atoms with Crippen LogP contribution in [0.5, 0.6) is 0 Å². The zero-order valence-electron chi connectivity index (χ0n) is 4.87. The molecule has 0 aromatic carbocycles. The molecule has 0 fully saturated rings. The van der Waals surface area contributed by atoms with Gasteiger partial charge in [-0.15, -0.1) is 5.53 Å². The molecule has 1 amide bonds. The number of amides is 1. The van der Waals surface area contributed by atoms with E-state index in [0.717, 1.165) is 13.1 Å². The fourth-order valence-corrected chi connectivity index (χ4v) is 0.574. The molecule has 0 atom stereocenters. The average Bonchev–Trinajstić information content (AvgIpc) is 2.34. The van der Waals surface area contributed by atoms with Crippen molar-refractivity contribution in [3.63, 3.8) is 0 Å². The summed E-state index contributed by atoms with van der Waals surface area (Å²) >= 11 is 0. The first kappa shape index (κ1) is 6.03. The number of hydrogen-bond donors (Lipinski definition) is 2. The van der Waals surface area contributed by atoms with Crippen molar-refractivity contribution in [2.45, 2.75) is 0 Å². The fraction of sp³-hybridized carbons (Fsp3) is 0.500. The molecule has 0 radical (unpaired) electrons. The lowest BCUT2D eigenvalue weighted by Gasteiger charge is -2.12. The molecule has 1 rings (SSSR count). The van der Waals surface area contributed by atoms with E-state index >= 15 is 0 Å². The van der Waals surface area contributed by atoms with Crippen molar-refractivity contribution in [2.24, 2.45) is 4.99 Å². The van der Waals surface area contributed by atoms with Gasteiger partial charge < -0.3 is 0 Å². The van der Waals surface area contributed by atoms with Crippen molar-refractivity contribution in [2.75, 3.05) is 13.1 Å². The smallest absolute Gasteiger partial charge is 0.222 e. The molecule has 0 unspecified atom stereocenters. The number of rotatable bonds is 3. The Morgan fingerprint density at radius 2 is 2.67 bits per heavy atom. The second-order valence-electron chi connectivity index (χ2n) is 1.59. The molecule has 50 valence electrons. The summed E-state index contributed by atoms with van der Waals surface area (Å²) < 4.78 is 0. The lowest BCUT2D eigenvalue weighted by atomic mass is 10.7. The summed E-state index contributed by atoms with van der Waals surface area (Å²) in [6, 6.07) is 0. The highest BCUT2D eigenvalue weighted by Crippen LogP contribution is 1.84. The van der Waals surface area contributed by atoms with Crippen molar-refractivity contribution in [3.05, 3.63) is 0 Å². The lowest BCUT2D eigenvalue weighted by Crippen LogP contribution is -2.44. The van der Waals surface area contributed by atoms with E-state index in [9.17, 15) is 4.79 Å². The molecule has 1 aliphatic heterocycles. The zero-order chi connectivity index (χ0) is 6.53. The third kappa shape index (κ3) is 1.69. The van der Waals surface area contributed by atoms with Crippen LogP contribution in [0.4, 0.5) is 0 Å². The Bertz CT molecular complexity index is 124. The molecule has 0 saturated heterocycles. The molecule has 9 heavy (non-hydrogen) atoms. The van der Waals surface area contributed by atoms with Crippen LogP contribution in [0.2, 0.25) is 0 Å². The predicted octanol–water partition coefficient (Wildman–Crippen LogP) is -1.50. The Morgan fingerprint density at radius 3 is 3.22 bits per heavy atom. The van der Waals surface area contributed by atoms with E-state index in [1.54, 1.807) is 11.3 Å². The maximum absolute atomic E-state index is 9.72. The van der Waals surface area contributed by atoms with E-state index < -0.39 is 0 Å². The summed E-state index contributed by atoms with van der Waals surface area (Å²) in [6.07, 6.45) is 2.21. The second kappa shape index (κ2) is 3.03. The highest BCUT2D eigenvalue weighted by molar-refractivity contribution is 5.56. The Hall–Kier alpha value is -1.10. The van der Waals surface area contributed by atoms with Crippen molar-refractivity contribution < 1.29 is 4.79 Å². The van der Waals surface area contributed by atoms with Crippen LogP contribution in [0.3, 0.4) is 0 Å². The Morgan fingerprint density at radius 1 is 1.78 bits per heavy atom. The highest BCUT2D eigenvalue weighted by atomic mass is 16.1. The third-order valence-corrected chi connectivity index (χ3v) is 0.958. The van der Waals surface area contributed by atoms with Crippen LogP contribution < -0.4 is 11.0 Å². The monoisotopic (exact) mass is 128 g/mol. The minimum atomic E-state index is 0.576. The summed E-state index contributed by atoms with van der Waals surface area (Å²) in [5, 5.41) is 1.69. The van der Waals surface area contributed by atoms with Crippen LogP contribution in [0.25, 0.3) is 0 Å². The minimum Gasteiger partial charge on any atom is -0.279 e. The Balaban J connectivity index is 2.12. The molecule has 0 saturated carbocycles. The summed E-state index contributed by atoms with van der Waals surface area (Å²) in [5.74, 6) is 0. The van der Waals surface area contributed by atoms with Crippen LogP contribution in [0.1, 0.15) is 0 Å². The summed E-state index contributed by atoms with van der Waals surface area (Å²) in [6.45, 7) is 1.59. The number of carbonyl (C=O) groups is 1. The van der Waals surface area contributed by atoms with Gasteiger partial charge in [-0.1, -0.05) is 0 Å². The van der Waals surface area contributed by atoms with Crippen LogP contribution in [-0.4, -0.2) is 30.8 Å². The predicted molar refractivity (Wildman–Crippen MR) is 32.4 cm³/mol. The van der Waals surface area contributed by atoms with Crippen molar-refractivity contribution in [1.82, 2.24) is 16.0 Å². The maximum Gasteiger partial charge on any atom is 0.222 e. The summed E-state index contributed by atoms with van der Waals surface area (Å²) in [5.41, 5.74) is 4.89. The fourth-order valence-electron chi connectivity index (χ4n) is 0.574. The molecule has 5 nitrogen and oxygen atoms in total. The number of nitrogens with zero attached hydrogens (tertiary/aromatic N) is 2. The molecule has 5 heteroatoms. The van der Waals surface area contributed by atoms with E-state index in [2.05, 4.69) is 16.0 Å². The van der Waals surface area contributed by atoms with E-state index in [-0.39, 0.29) is 0 Å². The summed E-state index contributed by atoms with van der Waals surface area (Å²) in [4.78, 5) is 13.6. The normalized spacial score (nSPS) is 16.2. The zero-order valence-corrected chi connectivity index (χ0v) is 4.87. The van der Waals surface area contributed by atoms with Gasteiger partial charge in [0.2, 0.25) is 6.41 Å². The van der Waals surface area contributed by atoms with Crippen molar-refractivity contribution >= 4 is 12.7 Å². The van der Waals surface area contributed by atoms with E-state index in [0.29, 0.717) is 6.41 Å². The average molecular weight is 128 g/mol. The van der Waals surface area contributed by atoms with Gasteiger partial charge in [0.05, 0.1) is 13.1 Å². The topological polar surface area (TPSA) is 56.7 Å². The minimum absolute atomic E-state index is 0.576. The molecular weight excluding hydrogens is 120 g/mol. The van der Waals surface area contributed by atoms with Gasteiger partial charge in [-0.2, -0.15) is 0 Å². The van der Waals surface area contributed by atoms with Crippen LogP contribution >= 0.6 is 0 Å². The number of hydrogen-bond acceptors (Lipinski definition) is 4. The number of hydrazine groups is 2. The molecule has 0 bridgehead atoms. The Kier molecular flexibility index (Phi) is 2.03. The van der Waals surface area contributed by atoms with Gasteiger partial charge in [0, 0.05) is 0 Å². The van der Waals surface area contributed by atoms with Gasteiger partial charge in [0.1, 0.15) is 6.34 Å². The standard InChI is InChI=1S/C4H8N4O/c9-4-6-7-8-2-1-5-3-8/h3-4,7H,1-2H2,(H,6,9). The molecule has 0 aliphatic carbocycles. The SMILES string of the molecule is O=CNNN1C=NCC1. The Labute approximate surface area is 52.7 Å². The van der Waals surface area contributed by atoms with Crippen molar-refractivity contribution in [1.29, 1.82) is 0 Å². The van der Waals surface area contributed by atoms with Crippen LogP contribution in [0, 0.1) is 0 Å². The van der Waals surface area contributed by atoms with Crippen LogP contribution in [-0.2, 0) is 4.79 Å². The second-order valence-corrected chi connectivity index (χ2v) is 1.59. The quantitative estimate of drug-likeness (QED) is 0.359. The van der Waals surface area contributed by atoms with E-state index in [1.165, 1.54) is 0 Å². The van der Waals surface area contributed by atoms with Gasteiger partial charge in [-0.3, -0.25) is 20.2 Å². The van der Waals surface area contributed by atoms with Crippen LogP contribution in [0.15, 0.2) is 4.99 Å². The molecular formula is C4H8N4O. The molecule has 1 heterocycles. The van der Waals surface area contributed by atoms with Gasteiger partial charge in [-0.05, 0) is 0 Å². The molecule has 2 N–H and O–H groups in total.